The maximum atomic E-state index is 7.14. The number of nitrogens with zero attached hydrogens (tertiary/aromatic N) is 2. The van der Waals surface area contributed by atoms with E-state index in [9.17, 15) is 0 Å². The van der Waals surface area contributed by atoms with Crippen LogP contribution < -0.4 is 10.8 Å². The Morgan fingerprint density at radius 1 is 0.667 bits per heavy atom. The van der Waals surface area contributed by atoms with Crippen LogP contribution in [0.4, 0.5) is 5.69 Å². The monoisotopic (exact) mass is 577 g/mol. The minimum Gasteiger partial charge on any atom is -0.278 e. The van der Waals surface area contributed by atoms with Crippen molar-refractivity contribution in [1.29, 1.82) is 0 Å². The predicted molar refractivity (Wildman–Crippen MR) is 187 cm³/mol. The highest BCUT2D eigenvalue weighted by atomic mass is 15.3. The van der Waals surface area contributed by atoms with Gasteiger partial charge in [0.15, 0.2) is 0 Å². The van der Waals surface area contributed by atoms with E-state index in [0.29, 0.717) is 5.71 Å². The van der Waals surface area contributed by atoms with Gasteiger partial charge >= 0.3 is 0 Å². The summed E-state index contributed by atoms with van der Waals surface area (Å²) in [6.07, 6.45) is 11.9. The van der Waals surface area contributed by atoms with Crippen molar-refractivity contribution < 1.29 is 5.41 Å². The molecular weight excluding hydrogens is 548 g/mol. The number of nitrogens with one attached hydrogen (secondary N) is 1. The number of nitrogens with two attached hydrogens (primary N) is 1. The fourth-order valence-electron chi connectivity index (χ4n) is 6.48. The van der Waals surface area contributed by atoms with Crippen molar-refractivity contribution in [3.05, 3.63) is 169 Å². The van der Waals surface area contributed by atoms with Crippen LogP contribution >= 0.6 is 0 Å². The van der Waals surface area contributed by atoms with Gasteiger partial charge in [0, 0.05) is 23.5 Å². The summed E-state index contributed by atoms with van der Waals surface area (Å²) in [4.78, 5) is 4.24. The SMILES string of the molecule is [NH2+]=C1C(c2c3ccccc3c(-c3ccccc3)c3ccccc23)=CC2=C=CC=CC2/C1=N/Nc1ccc(-c2cccnc2)cc1. The van der Waals surface area contributed by atoms with Crippen LogP contribution in [-0.2, 0) is 0 Å². The molecule has 5 aromatic carbocycles. The second-order valence-electron chi connectivity index (χ2n) is 11.2. The van der Waals surface area contributed by atoms with Crippen molar-refractivity contribution in [1.82, 2.24) is 4.98 Å². The lowest BCUT2D eigenvalue weighted by Gasteiger charge is -2.25. The minimum atomic E-state index is -0.0953. The van der Waals surface area contributed by atoms with E-state index < -0.39 is 0 Å². The maximum absolute atomic E-state index is 7.14. The molecule has 0 radical (unpaired) electrons. The molecule has 0 saturated carbocycles. The first-order valence-corrected chi connectivity index (χ1v) is 15.1. The summed E-state index contributed by atoms with van der Waals surface area (Å²) in [7, 11) is 0. The van der Waals surface area contributed by atoms with E-state index in [4.69, 9.17) is 10.5 Å². The Balaban J connectivity index is 1.27. The van der Waals surface area contributed by atoms with Crippen LogP contribution in [0.2, 0.25) is 0 Å². The van der Waals surface area contributed by atoms with Crippen LogP contribution in [0.3, 0.4) is 0 Å². The van der Waals surface area contributed by atoms with Crippen LogP contribution in [0.1, 0.15) is 5.56 Å². The highest BCUT2D eigenvalue weighted by molar-refractivity contribution is 6.59. The van der Waals surface area contributed by atoms with Gasteiger partial charge in [0.25, 0.3) is 0 Å². The third kappa shape index (κ3) is 4.71. The van der Waals surface area contributed by atoms with Crippen LogP contribution in [0.15, 0.2) is 168 Å². The van der Waals surface area contributed by atoms with Gasteiger partial charge in [-0.25, -0.2) is 0 Å². The molecule has 4 nitrogen and oxygen atoms in total. The predicted octanol–water partition coefficient (Wildman–Crippen LogP) is 8.05. The molecule has 0 aliphatic heterocycles. The summed E-state index contributed by atoms with van der Waals surface area (Å²) < 4.78 is 0. The van der Waals surface area contributed by atoms with Crippen LogP contribution in [0.25, 0.3) is 49.4 Å². The minimum absolute atomic E-state index is 0.0953. The summed E-state index contributed by atoms with van der Waals surface area (Å²) in [5.74, 6) is -0.0953. The van der Waals surface area contributed by atoms with Crippen molar-refractivity contribution >= 4 is 44.2 Å². The first kappa shape index (κ1) is 26.5. The number of allylic oxidation sites excluding steroid dienone is 5. The van der Waals surface area contributed by atoms with Gasteiger partial charge in [-0.3, -0.25) is 15.8 Å². The molecule has 1 heterocycles. The summed E-state index contributed by atoms with van der Waals surface area (Å²) in [6.45, 7) is 0. The Morgan fingerprint density at radius 3 is 1.98 bits per heavy atom. The summed E-state index contributed by atoms with van der Waals surface area (Å²) >= 11 is 0. The fraction of sp³-hybridized carbons (Fsp3) is 0.0244. The highest BCUT2D eigenvalue weighted by Crippen LogP contribution is 2.43. The first-order valence-electron chi connectivity index (χ1n) is 15.1. The van der Waals surface area contributed by atoms with Gasteiger partial charge in [-0.05, 0) is 74.1 Å². The highest BCUT2D eigenvalue weighted by Gasteiger charge is 2.35. The van der Waals surface area contributed by atoms with E-state index >= 15 is 0 Å². The summed E-state index contributed by atoms with van der Waals surface area (Å²) in [5.41, 5.74) is 16.8. The second kappa shape index (κ2) is 11.2. The largest absolute Gasteiger partial charge is 0.278 e. The molecule has 45 heavy (non-hydrogen) atoms. The first-order chi connectivity index (χ1) is 22.3. The Hall–Kier alpha value is -6.09. The van der Waals surface area contributed by atoms with Gasteiger partial charge in [-0.1, -0.05) is 109 Å². The number of benzene rings is 5. The molecule has 3 N–H and O–H groups in total. The normalized spacial score (nSPS) is 16.5. The molecule has 2 aliphatic rings. The molecule has 2 aliphatic carbocycles. The standard InChI is InChI=1S/C41H28N4/c42-40-37(39-35-18-8-6-16-33(35)38(28-11-2-1-3-12-28)34-17-7-9-19-36(34)39)25-29-13-4-5-15-32(29)41(40)45-44-31-22-20-27(21-23-31)30-14-10-24-43-26-30/h1-12,14-26,32,42,44H/p+1/b42-40?,45-41-. The van der Waals surface area contributed by atoms with Gasteiger partial charge in [0.1, 0.15) is 5.71 Å². The van der Waals surface area contributed by atoms with Crippen molar-refractivity contribution in [3.8, 4) is 22.3 Å². The molecular formula is C41H29N4+. The second-order valence-corrected chi connectivity index (χ2v) is 11.2. The average molecular weight is 578 g/mol. The topological polar surface area (TPSA) is 62.9 Å². The molecule has 0 saturated heterocycles. The van der Waals surface area contributed by atoms with E-state index in [2.05, 4.69) is 125 Å². The van der Waals surface area contributed by atoms with Crippen molar-refractivity contribution in [2.75, 3.05) is 5.43 Å². The molecule has 0 amide bonds. The Morgan fingerprint density at radius 2 is 1.31 bits per heavy atom. The Bertz CT molecular complexity index is 2210. The molecule has 1 aromatic heterocycles. The third-order valence-corrected chi connectivity index (χ3v) is 8.59. The molecule has 8 rings (SSSR count). The van der Waals surface area contributed by atoms with Crippen LogP contribution in [-0.4, -0.2) is 16.4 Å². The number of hydrazone groups is 1. The zero-order chi connectivity index (χ0) is 30.2. The van der Waals surface area contributed by atoms with Gasteiger partial charge in [-0.2, -0.15) is 5.10 Å². The molecule has 0 fully saturated rings. The Kier molecular flexibility index (Phi) is 6.60. The summed E-state index contributed by atoms with van der Waals surface area (Å²) in [5, 5.41) is 16.8. The average Bonchev–Trinajstić information content (AvgIpc) is 3.11. The lowest BCUT2D eigenvalue weighted by atomic mass is 9.76. The number of anilines is 1. The third-order valence-electron chi connectivity index (χ3n) is 8.59. The van der Waals surface area contributed by atoms with Gasteiger partial charge in [0.05, 0.1) is 17.2 Å². The molecule has 212 valence electrons. The fourth-order valence-corrected chi connectivity index (χ4v) is 6.48. The quantitative estimate of drug-likeness (QED) is 0.124. The lowest BCUT2D eigenvalue weighted by Crippen LogP contribution is -2.49. The maximum Gasteiger partial charge on any atom is 0.229 e. The van der Waals surface area contributed by atoms with E-state index in [0.717, 1.165) is 50.0 Å². The van der Waals surface area contributed by atoms with Crippen LogP contribution in [0.5, 0.6) is 0 Å². The van der Waals surface area contributed by atoms with Gasteiger partial charge in [-0.15, -0.1) is 5.73 Å². The molecule has 1 atom stereocenters. The number of hydrogen-bond donors (Lipinski definition) is 2. The lowest BCUT2D eigenvalue weighted by molar-refractivity contribution is -0.108. The number of pyridine rings is 1. The van der Waals surface area contributed by atoms with Crippen molar-refractivity contribution in [2.45, 2.75) is 0 Å². The Labute approximate surface area is 261 Å². The molecule has 6 aromatic rings. The van der Waals surface area contributed by atoms with Crippen LogP contribution in [0, 0.1) is 5.92 Å². The number of hydrogen-bond acceptors (Lipinski definition) is 3. The van der Waals surface area contributed by atoms with E-state index in [1.807, 2.05) is 36.5 Å². The van der Waals surface area contributed by atoms with E-state index in [1.54, 1.807) is 6.20 Å². The van der Waals surface area contributed by atoms with E-state index in [1.165, 1.54) is 21.9 Å². The number of aromatic nitrogens is 1. The van der Waals surface area contributed by atoms with Gasteiger partial charge < -0.3 is 0 Å². The molecule has 0 spiro atoms. The summed E-state index contributed by atoms with van der Waals surface area (Å²) in [6, 6.07) is 40.1. The zero-order valence-corrected chi connectivity index (χ0v) is 24.5. The molecule has 0 bridgehead atoms. The van der Waals surface area contributed by atoms with Crippen molar-refractivity contribution in [2.24, 2.45) is 11.0 Å². The molecule has 1 unspecified atom stereocenters. The van der Waals surface area contributed by atoms with Crippen molar-refractivity contribution in [3.63, 3.8) is 0 Å². The number of fused-ring (bicyclic) bond motifs is 3. The van der Waals surface area contributed by atoms with E-state index in [-0.39, 0.29) is 5.92 Å². The van der Waals surface area contributed by atoms with Gasteiger partial charge in [0.2, 0.25) is 5.71 Å². The molecule has 4 heteroatoms. The number of rotatable bonds is 5. The zero-order valence-electron chi connectivity index (χ0n) is 24.5. The smallest absolute Gasteiger partial charge is 0.229 e.